The molecule has 3 heterocycles. The summed E-state index contributed by atoms with van der Waals surface area (Å²) in [7, 11) is 0. The van der Waals surface area contributed by atoms with E-state index in [9.17, 15) is 9.59 Å². The van der Waals surface area contributed by atoms with E-state index in [1.165, 1.54) is 0 Å². The fourth-order valence-corrected chi connectivity index (χ4v) is 3.93. The predicted octanol–water partition coefficient (Wildman–Crippen LogP) is 2.91. The van der Waals surface area contributed by atoms with Gasteiger partial charge in [0.2, 0.25) is 5.91 Å². The lowest BCUT2D eigenvalue weighted by atomic mass is 9.97. The number of anilines is 1. The van der Waals surface area contributed by atoms with Crippen molar-refractivity contribution in [3.05, 3.63) is 48.0 Å². The second kappa shape index (κ2) is 7.42. The van der Waals surface area contributed by atoms with Gasteiger partial charge in [-0.05, 0) is 12.8 Å². The molecule has 0 spiro atoms. The van der Waals surface area contributed by atoms with Crippen molar-refractivity contribution in [1.82, 2.24) is 19.3 Å². The highest BCUT2D eigenvalue weighted by molar-refractivity contribution is 5.86. The van der Waals surface area contributed by atoms with Crippen LogP contribution in [0.1, 0.15) is 48.3 Å². The smallest absolute Gasteiger partial charge is 0.222 e. The fourth-order valence-electron chi connectivity index (χ4n) is 3.93. The number of likely N-dealkylation sites (tertiary alicyclic amines) is 1. The Hall–Kier alpha value is -3.22. The van der Waals surface area contributed by atoms with Crippen molar-refractivity contribution in [3.63, 3.8) is 0 Å². The topological polar surface area (TPSA) is 93.6 Å². The lowest BCUT2D eigenvalue weighted by Gasteiger charge is -2.32. The van der Waals surface area contributed by atoms with E-state index in [0.717, 1.165) is 48.3 Å². The lowest BCUT2D eigenvalue weighted by molar-refractivity contribution is -0.132. The molecule has 2 N–H and O–H groups in total. The summed E-state index contributed by atoms with van der Waals surface area (Å²) in [5.41, 5.74) is 9.20. The first-order valence-corrected chi connectivity index (χ1v) is 9.58. The Labute approximate surface area is 163 Å². The number of hydrogen-bond acceptors (Lipinski definition) is 5. The normalized spacial score (nSPS) is 17.0. The minimum atomic E-state index is 0.140. The van der Waals surface area contributed by atoms with Crippen molar-refractivity contribution in [1.29, 1.82) is 0 Å². The van der Waals surface area contributed by atoms with Crippen molar-refractivity contribution < 1.29 is 9.59 Å². The molecule has 1 fully saturated rings. The average molecular weight is 377 g/mol. The van der Waals surface area contributed by atoms with Gasteiger partial charge in [-0.15, -0.1) is 0 Å². The van der Waals surface area contributed by atoms with E-state index in [1.54, 1.807) is 18.3 Å². The number of carbonyl (C=O) groups is 2. The van der Waals surface area contributed by atoms with Crippen molar-refractivity contribution >= 4 is 23.5 Å². The second-order valence-corrected chi connectivity index (χ2v) is 7.12. The van der Waals surface area contributed by atoms with Gasteiger partial charge in [-0.1, -0.05) is 31.2 Å². The minimum absolute atomic E-state index is 0.140. The molecule has 1 aliphatic rings. The SMILES string of the molecule is CCC(=O)N1CCC[C@@H](c2nc(-c3ccc(C=O)cc3)c3c(N)nccn23)C1. The molecular weight excluding hydrogens is 354 g/mol. The molecule has 1 aromatic carbocycles. The molecule has 7 heteroatoms. The molecule has 2 aromatic heterocycles. The van der Waals surface area contributed by atoms with E-state index in [0.29, 0.717) is 24.3 Å². The highest BCUT2D eigenvalue weighted by atomic mass is 16.2. The largest absolute Gasteiger partial charge is 0.382 e. The third-order valence-corrected chi connectivity index (χ3v) is 5.37. The minimum Gasteiger partial charge on any atom is -0.382 e. The van der Waals surface area contributed by atoms with Gasteiger partial charge >= 0.3 is 0 Å². The number of hydrogen-bond donors (Lipinski definition) is 1. The van der Waals surface area contributed by atoms with Crippen molar-refractivity contribution in [2.75, 3.05) is 18.8 Å². The van der Waals surface area contributed by atoms with E-state index in [4.69, 9.17) is 10.7 Å². The van der Waals surface area contributed by atoms with Crippen LogP contribution in [0.3, 0.4) is 0 Å². The monoisotopic (exact) mass is 377 g/mol. The number of carbonyl (C=O) groups excluding carboxylic acids is 2. The van der Waals surface area contributed by atoms with Gasteiger partial charge in [0, 0.05) is 48.9 Å². The first-order chi connectivity index (χ1) is 13.6. The summed E-state index contributed by atoms with van der Waals surface area (Å²) >= 11 is 0. The Morgan fingerprint density at radius 2 is 2.11 bits per heavy atom. The standard InChI is InChI=1S/C21H23N5O2/c1-2-17(28)25-10-3-4-16(12-25)21-24-18(15-7-5-14(13-27)6-8-15)19-20(22)23-9-11-26(19)21/h5-9,11,13,16H,2-4,10,12H2,1H3,(H2,22,23)/t16-/m1/s1. The predicted molar refractivity (Wildman–Crippen MR) is 107 cm³/mol. The first-order valence-electron chi connectivity index (χ1n) is 9.58. The van der Waals surface area contributed by atoms with Crippen LogP contribution in [0.2, 0.25) is 0 Å². The summed E-state index contributed by atoms with van der Waals surface area (Å²) in [4.78, 5) is 34.3. The van der Waals surface area contributed by atoms with Crippen LogP contribution in [0.4, 0.5) is 5.82 Å². The molecule has 1 atom stereocenters. The van der Waals surface area contributed by atoms with E-state index >= 15 is 0 Å². The van der Waals surface area contributed by atoms with Crippen molar-refractivity contribution in [3.8, 4) is 11.3 Å². The molecular formula is C21H23N5O2. The Kier molecular flexibility index (Phi) is 4.81. The van der Waals surface area contributed by atoms with Gasteiger partial charge in [-0.25, -0.2) is 9.97 Å². The third-order valence-electron chi connectivity index (χ3n) is 5.37. The van der Waals surface area contributed by atoms with Gasteiger partial charge in [0.25, 0.3) is 0 Å². The number of nitrogens with zero attached hydrogens (tertiary/aromatic N) is 4. The van der Waals surface area contributed by atoms with Gasteiger partial charge < -0.3 is 10.6 Å². The number of benzene rings is 1. The average Bonchev–Trinajstić information content (AvgIpc) is 3.14. The molecule has 0 saturated carbocycles. The molecule has 0 radical (unpaired) electrons. The maximum Gasteiger partial charge on any atom is 0.222 e. The highest BCUT2D eigenvalue weighted by Crippen LogP contribution is 2.33. The van der Waals surface area contributed by atoms with Crippen LogP contribution in [0.5, 0.6) is 0 Å². The molecule has 4 rings (SSSR count). The van der Waals surface area contributed by atoms with Gasteiger partial charge in [-0.2, -0.15) is 0 Å². The third kappa shape index (κ3) is 3.13. The van der Waals surface area contributed by atoms with Gasteiger partial charge in [-0.3, -0.25) is 14.0 Å². The Balaban J connectivity index is 1.80. The quantitative estimate of drug-likeness (QED) is 0.706. The van der Waals surface area contributed by atoms with E-state index < -0.39 is 0 Å². The maximum atomic E-state index is 12.2. The number of amides is 1. The van der Waals surface area contributed by atoms with Crippen LogP contribution in [-0.2, 0) is 4.79 Å². The van der Waals surface area contributed by atoms with E-state index in [1.807, 2.05) is 34.6 Å². The first kappa shape index (κ1) is 18.2. The molecule has 7 nitrogen and oxygen atoms in total. The van der Waals surface area contributed by atoms with Crippen LogP contribution < -0.4 is 5.73 Å². The van der Waals surface area contributed by atoms with Crippen molar-refractivity contribution in [2.45, 2.75) is 32.1 Å². The molecule has 28 heavy (non-hydrogen) atoms. The number of imidazole rings is 1. The van der Waals surface area contributed by atoms with Crippen LogP contribution in [0.25, 0.3) is 16.8 Å². The lowest BCUT2D eigenvalue weighted by Crippen LogP contribution is -2.39. The maximum absolute atomic E-state index is 12.2. The molecule has 0 bridgehead atoms. The highest BCUT2D eigenvalue weighted by Gasteiger charge is 2.28. The molecule has 0 aliphatic carbocycles. The molecule has 0 unspecified atom stereocenters. The zero-order chi connectivity index (χ0) is 19.7. The van der Waals surface area contributed by atoms with Crippen LogP contribution in [0.15, 0.2) is 36.7 Å². The summed E-state index contributed by atoms with van der Waals surface area (Å²) in [6.45, 7) is 3.36. The van der Waals surface area contributed by atoms with Crippen LogP contribution in [-0.4, -0.2) is 44.6 Å². The molecule has 1 saturated heterocycles. The number of rotatable bonds is 4. The molecule has 1 amide bonds. The second-order valence-electron chi connectivity index (χ2n) is 7.12. The fraction of sp³-hybridized carbons (Fsp3) is 0.333. The Morgan fingerprint density at radius 1 is 1.32 bits per heavy atom. The van der Waals surface area contributed by atoms with E-state index in [2.05, 4.69) is 4.98 Å². The van der Waals surface area contributed by atoms with Gasteiger partial charge in [0.15, 0.2) is 0 Å². The number of fused-ring (bicyclic) bond motifs is 1. The number of nitrogen functional groups attached to an aromatic ring is 1. The summed E-state index contributed by atoms with van der Waals surface area (Å²) in [6, 6.07) is 7.27. The zero-order valence-electron chi connectivity index (χ0n) is 15.8. The summed E-state index contributed by atoms with van der Waals surface area (Å²) in [5, 5.41) is 0. The van der Waals surface area contributed by atoms with Gasteiger partial charge in [0.1, 0.15) is 29.1 Å². The number of nitrogens with two attached hydrogens (primary N) is 1. The zero-order valence-corrected chi connectivity index (χ0v) is 15.8. The summed E-state index contributed by atoms with van der Waals surface area (Å²) in [6.07, 6.45) is 6.80. The Bertz CT molecular complexity index is 1030. The Morgan fingerprint density at radius 3 is 2.82 bits per heavy atom. The van der Waals surface area contributed by atoms with Crippen molar-refractivity contribution in [2.24, 2.45) is 0 Å². The van der Waals surface area contributed by atoms with E-state index in [-0.39, 0.29) is 11.8 Å². The number of aromatic nitrogens is 3. The molecule has 1 aliphatic heterocycles. The van der Waals surface area contributed by atoms with Gasteiger partial charge in [0.05, 0.1) is 0 Å². The number of piperidine rings is 1. The summed E-state index contributed by atoms with van der Waals surface area (Å²) < 4.78 is 2.00. The number of aldehydes is 1. The van der Waals surface area contributed by atoms with Crippen LogP contribution in [0, 0.1) is 0 Å². The molecule has 144 valence electrons. The summed E-state index contributed by atoms with van der Waals surface area (Å²) in [5.74, 6) is 1.62. The van der Waals surface area contributed by atoms with Crippen LogP contribution >= 0.6 is 0 Å². The molecule has 3 aromatic rings.